The molecule has 0 atom stereocenters. The van der Waals surface area contributed by atoms with E-state index in [0.717, 1.165) is 22.3 Å². The van der Waals surface area contributed by atoms with Crippen LogP contribution in [-0.2, 0) is 13.6 Å². The van der Waals surface area contributed by atoms with E-state index in [-0.39, 0.29) is 12.1 Å². The fourth-order valence-electron chi connectivity index (χ4n) is 3.14. The van der Waals surface area contributed by atoms with E-state index in [2.05, 4.69) is 9.97 Å². The molecule has 0 bridgehead atoms. The molecule has 4 rings (SSSR count). The lowest BCUT2D eigenvalue weighted by molar-refractivity contribution is 0.656. The minimum Gasteiger partial charge on any atom is -0.280 e. The zero-order valence-corrected chi connectivity index (χ0v) is 16.0. The van der Waals surface area contributed by atoms with E-state index in [4.69, 9.17) is 0 Å². The third-order valence-corrected chi connectivity index (χ3v) is 4.85. The number of hydrogen-bond acceptors (Lipinski definition) is 4. The number of rotatable bonds is 3. The lowest BCUT2D eigenvalue weighted by atomic mass is 10.1. The average Bonchev–Trinajstić information content (AvgIpc) is 2.71. The van der Waals surface area contributed by atoms with Crippen LogP contribution in [-0.4, -0.2) is 19.1 Å². The summed E-state index contributed by atoms with van der Waals surface area (Å²) in [5.74, 6) is 0.484. The third-order valence-electron chi connectivity index (χ3n) is 4.85. The van der Waals surface area contributed by atoms with Crippen LogP contribution in [0.15, 0.2) is 64.3 Å². The van der Waals surface area contributed by atoms with Crippen molar-refractivity contribution in [2.45, 2.75) is 20.4 Å². The van der Waals surface area contributed by atoms with Gasteiger partial charge in [-0.3, -0.25) is 13.9 Å². The molecule has 2 aromatic heterocycles. The van der Waals surface area contributed by atoms with Crippen LogP contribution in [0.3, 0.4) is 0 Å². The first-order chi connectivity index (χ1) is 13.4. The highest BCUT2D eigenvalue weighted by Crippen LogP contribution is 2.17. The summed E-state index contributed by atoms with van der Waals surface area (Å²) >= 11 is 0. The molecule has 0 saturated heterocycles. The summed E-state index contributed by atoms with van der Waals surface area (Å²) in [6.45, 7) is 4.21. The SMILES string of the molecule is Cc1ccc(Cn2c(=O)c3cnc(-c4ccc(C)cc4)nc3n(C)c2=O)cc1. The van der Waals surface area contributed by atoms with Gasteiger partial charge < -0.3 is 0 Å². The molecular formula is C22H20N4O2. The van der Waals surface area contributed by atoms with E-state index in [1.807, 2.05) is 62.4 Å². The minimum absolute atomic E-state index is 0.210. The smallest absolute Gasteiger partial charge is 0.280 e. The summed E-state index contributed by atoms with van der Waals surface area (Å²) in [5.41, 5.74) is 3.54. The Morgan fingerprint density at radius 1 is 0.893 bits per heavy atom. The van der Waals surface area contributed by atoms with E-state index in [0.29, 0.717) is 16.9 Å². The molecule has 4 aromatic rings. The third kappa shape index (κ3) is 3.13. The monoisotopic (exact) mass is 372 g/mol. The van der Waals surface area contributed by atoms with Gasteiger partial charge in [-0.25, -0.2) is 14.8 Å². The number of benzene rings is 2. The number of nitrogens with zero attached hydrogens (tertiary/aromatic N) is 4. The van der Waals surface area contributed by atoms with Crippen molar-refractivity contribution in [3.63, 3.8) is 0 Å². The Morgan fingerprint density at radius 3 is 2.14 bits per heavy atom. The van der Waals surface area contributed by atoms with Gasteiger partial charge in [0.05, 0.1) is 6.54 Å². The second-order valence-electron chi connectivity index (χ2n) is 7.02. The van der Waals surface area contributed by atoms with Crippen LogP contribution >= 0.6 is 0 Å². The number of hydrogen-bond donors (Lipinski definition) is 0. The topological polar surface area (TPSA) is 69.8 Å². The average molecular weight is 372 g/mol. The molecule has 0 N–H and O–H groups in total. The molecule has 0 spiro atoms. The molecule has 140 valence electrons. The lowest BCUT2D eigenvalue weighted by Gasteiger charge is -2.11. The molecule has 0 unspecified atom stereocenters. The Kier molecular flexibility index (Phi) is 4.39. The molecule has 0 aliphatic heterocycles. The predicted molar refractivity (Wildman–Crippen MR) is 109 cm³/mol. The van der Waals surface area contributed by atoms with E-state index in [1.54, 1.807) is 7.05 Å². The largest absolute Gasteiger partial charge is 0.332 e. The van der Waals surface area contributed by atoms with Crippen molar-refractivity contribution >= 4 is 11.0 Å². The Bertz CT molecular complexity index is 1280. The van der Waals surface area contributed by atoms with Gasteiger partial charge in [-0.05, 0) is 19.4 Å². The number of aromatic nitrogens is 4. The van der Waals surface area contributed by atoms with Crippen molar-refractivity contribution in [2.75, 3.05) is 0 Å². The van der Waals surface area contributed by atoms with Crippen molar-refractivity contribution in [1.82, 2.24) is 19.1 Å². The number of aryl methyl sites for hydroxylation is 3. The molecule has 28 heavy (non-hydrogen) atoms. The van der Waals surface area contributed by atoms with E-state index < -0.39 is 5.69 Å². The first-order valence-electron chi connectivity index (χ1n) is 9.03. The van der Waals surface area contributed by atoms with Gasteiger partial charge in [0.15, 0.2) is 11.5 Å². The molecule has 0 amide bonds. The van der Waals surface area contributed by atoms with Gasteiger partial charge in [-0.2, -0.15) is 0 Å². The predicted octanol–water partition coefficient (Wildman–Crippen LogP) is 2.82. The summed E-state index contributed by atoms with van der Waals surface area (Å²) < 4.78 is 2.63. The highest BCUT2D eigenvalue weighted by Gasteiger charge is 2.14. The van der Waals surface area contributed by atoms with Crippen molar-refractivity contribution in [3.8, 4) is 11.4 Å². The van der Waals surface area contributed by atoms with Gasteiger partial charge in [0.25, 0.3) is 5.56 Å². The Balaban J connectivity index is 1.85. The molecule has 2 aromatic carbocycles. The first-order valence-corrected chi connectivity index (χ1v) is 9.03. The summed E-state index contributed by atoms with van der Waals surface area (Å²) in [6.07, 6.45) is 1.50. The quantitative estimate of drug-likeness (QED) is 0.554. The van der Waals surface area contributed by atoms with Crippen LogP contribution < -0.4 is 11.2 Å². The summed E-state index contributed by atoms with van der Waals surface area (Å²) in [7, 11) is 1.63. The van der Waals surface area contributed by atoms with Gasteiger partial charge in [-0.1, -0.05) is 59.7 Å². The zero-order valence-electron chi connectivity index (χ0n) is 16.0. The molecule has 6 nitrogen and oxygen atoms in total. The Morgan fingerprint density at radius 2 is 1.50 bits per heavy atom. The van der Waals surface area contributed by atoms with Gasteiger partial charge in [0.1, 0.15) is 5.39 Å². The highest BCUT2D eigenvalue weighted by molar-refractivity contribution is 5.75. The minimum atomic E-state index is -0.397. The summed E-state index contributed by atoms with van der Waals surface area (Å²) in [6, 6.07) is 15.6. The first kappa shape index (κ1) is 17.9. The van der Waals surface area contributed by atoms with E-state index in [1.165, 1.54) is 15.3 Å². The Labute approximate surface area is 161 Å². The molecule has 2 heterocycles. The van der Waals surface area contributed by atoms with Gasteiger partial charge in [-0.15, -0.1) is 0 Å². The van der Waals surface area contributed by atoms with Crippen LogP contribution in [0.5, 0.6) is 0 Å². The Hall–Kier alpha value is -3.54. The maximum Gasteiger partial charge on any atom is 0.332 e. The van der Waals surface area contributed by atoms with Gasteiger partial charge >= 0.3 is 5.69 Å². The fourth-order valence-corrected chi connectivity index (χ4v) is 3.14. The molecule has 6 heteroatoms. The van der Waals surface area contributed by atoms with Gasteiger partial charge in [0, 0.05) is 18.8 Å². The number of fused-ring (bicyclic) bond motifs is 1. The molecule has 0 saturated carbocycles. The molecule has 0 radical (unpaired) electrons. The molecule has 0 fully saturated rings. The standard InChI is InChI=1S/C22H20N4O2/c1-14-4-8-16(9-5-14)13-26-21(27)18-12-23-19(17-10-6-15(2)7-11-17)24-20(18)25(3)22(26)28/h4-12H,13H2,1-3H3. The van der Waals surface area contributed by atoms with Crippen molar-refractivity contribution in [2.24, 2.45) is 7.05 Å². The maximum absolute atomic E-state index is 12.9. The summed E-state index contributed by atoms with van der Waals surface area (Å²) in [4.78, 5) is 34.6. The van der Waals surface area contributed by atoms with Crippen LogP contribution in [0.4, 0.5) is 0 Å². The second-order valence-corrected chi connectivity index (χ2v) is 7.02. The molecular weight excluding hydrogens is 352 g/mol. The van der Waals surface area contributed by atoms with Crippen molar-refractivity contribution in [3.05, 3.63) is 92.3 Å². The normalized spacial score (nSPS) is 11.1. The molecule has 0 aliphatic rings. The second kappa shape index (κ2) is 6.88. The summed E-state index contributed by atoms with van der Waals surface area (Å²) in [5, 5.41) is 0.324. The molecule has 0 aliphatic carbocycles. The van der Waals surface area contributed by atoms with Gasteiger partial charge in [0.2, 0.25) is 0 Å². The lowest BCUT2D eigenvalue weighted by Crippen LogP contribution is -2.39. The zero-order chi connectivity index (χ0) is 19.8. The van der Waals surface area contributed by atoms with E-state index in [9.17, 15) is 9.59 Å². The highest BCUT2D eigenvalue weighted by atomic mass is 16.2. The van der Waals surface area contributed by atoms with Crippen LogP contribution in [0, 0.1) is 13.8 Å². The fraction of sp³-hybridized carbons (Fsp3) is 0.182. The van der Waals surface area contributed by atoms with Crippen LogP contribution in [0.2, 0.25) is 0 Å². The van der Waals surface area contributed by atoms with E-state index >= 15 is 0 Å². The van der Waals surface area contributed by atoms with Crippen LogP contribution in [0.25, 0.3) is 22.4 Å². The maximum atomic E-state index is 12.9. The van der Waals surface area contributed by atoms with Crippen molar-refractivity contribution < 1.29 is 0 Å². The van der Waals surface area contributed by atoms with Crippen LogP contribution in [0.1, 0.15) is 16.7 Å². The van der Waals surface area contributed by atoms with Crippen molar-refractivity contribution in [1.29, 1.82) is 0 Å².